The molecular weight excluding hydrogens is 435 g/mol. The van der Waals surface area contributed by atoms with Crippen LogP contribution in [0.1, 0.15) is 11.1 Å². The molecule has 0 saturated heterocycles. The van der Waals surface area contributed by atoms with Gasteiger partial charge in [-0.25, -0.2) is 0 Å². The third-order valence-electron chi connectivity index (χ3n) is 3.02. The van der Waals surface area contributed by atoms with Crippen molar-refractivity contribution in [3.8, 4) is 0 Å². The van der Waals surface area contributed by atoms with Gasteiger partial charge >= 0.3 is 132 Å². The number of rotatable bonds is 8. The molecule has 2 aromatic rings. The van der Waals surface area contributed by atoms with Gasteiger partial charge in [0.2, 0.25) is 0 Å². The van der Waals surface area contributed by atoms with Crippen molar-refractivity contribution < 1.29 is 33.1 Å². The van der Waals surface area contributed by atoms with Crippen LogP contribution in [0.2, 0.25) is 0 Å². The summed E-state index contributed by atoms with van der Waals surface area (Å²) < 4.78 is 22.8. The first kappa shape index (κ1) is 16.5. The van der Waals surface area contributed by atoms with Gasteiger partial charge in [0.15, 0.2) is 0 Å². The number of hydrogen-bond donors (Lipinski definition) is 0. The van der Waals surface area contributed by atoms with E-state index in [9.17, 15) is 0 Å². The normalized spacial score (nSPS) is 11.5. The maximum absolute atomic E-state index is 5.89. The van der Waals surface area contributed by atoms with Crippen LogP contribution >= 0.6 is 0 Å². The van der Waals surface area contributed by atoms with E-state index < -0.39 is 21.7 Å². The molecule has 0 amide bonds. The Labute approximate surface area is 132 Å². The minimum atomic E-state index is -4.07. The van der Waals surface area contributed by atoms with Crippen molar-refractivity contribution in [1.82, 2.24) is 0 Å². The van der Waals surface area contributed by atoms with E-state index in [4.69, 9.17) is 11.4 Å². The van der Waals surface area contributed by atoms with Crippen molar-refractivity contribution in [1.29, 1.82) is 0 Å². The molecule has 5 heteroatoms. The van der Waals surface area contributed by atoms with Crippen molar-refractivity contribution in [2.24, 2.45) is 0 Å². The Hall–Kier alpha value is -0.850. The fraction of sp³-hybridized carbons (Fsp3) is 0.250. The van der Waals surface area contributed by atoms with E-state index in [1.54, 1.807) is 14.2 Å². The quantitative estimate of drug-likeness (QED) is 0.572. The topological polar surface area (TPSA) is 36.9 Å². The zero-order valence-corrected chi connectivity index (χ0v) is 15.9. The van der Waals surface area contributed by atoms with E-state index in [2.05, 4.69) is 0 Å². The summed E-state index contributed by atoms with van der Waals surface area (Å²) in [5.74, 6) is 0. The van der Waals surface area contributed by atoms with Gasteiger partial charge in [0.25, 0.3) is 0 Å². The molecule has 0 bridgehead atoms. The summed E-state index contributed by atoms with van der Waals surface area (Å²) in [4.78, 5) is 0. The van der Waals surface area contributed by atoms with Gasteiger partial charge in [-0.15, -0.1) is 0 Å². The molecule has 112 valence electrons. The molecule has 0 fully saturated rings. The molecule has 0 radical (unpaired) electrons. The molecule has 2 rings (SSSR count). The molecule has 0 aromatic heterocycles. The van der Waals surface area contributed by atoms with Crippen LogP contribution in [0.15, 0.2) is 60.7 Å². The minimum absolute atomic E-state index is 0.429. The monoisotopic (exact) mass is 456 g/mol. The molecule has 4 nitrogen and oxygen atoms in total. The molecule has 0 unspecified atom stereocenters. The Kier molecular flexibility index (Phi) is 6.73. The second-order valence-corrected chi connectivity index (χ2v) is 13.1. The predicted molar refractivity (Wildman–Crippen MR) is 76.5 cm³/mol. The zero-order valence-electron chi connectivity index (χ0n) is 12.3. The van der Waals surface area contributed by atoms with E-state index in [1.165, 1.54) is 0 Å². The van der Waals surface area contributed by atoms with Crippen LogP contribution in [-0.2, 0) is 46.3 Å². The summed E-state index contributed by atoms with van der Waals surface area (Å²) in [7, 11) is 3.17. The van der Waals surface area contributed by atoms with E-state index in [-0.39, 0.29) is 0 Å². The van der Waals surface area contributed by atoms with E-state index in [0.29, 0.717) is 13.2 Å². The van der Waals surface area contributed by atoms with Gasteiger partial charge < -0.3 is 0 Å². The average molecular weight is 455 g/mol. The van der Waals surface area contributed by atoms with Gasteiger partial charge in [0.1, 0.15) is 0 Å². The first-order valence-corrected chi connectivity index (χ1v) is 12.6. The van der Waals surface area contributed by atoms with Crippen LogP contribution in [-0.4, -0.2) is 14.2 Å². The third-order valence-corrected chi connectivity index (χ3v) is 10.2. The molecule has 0 N–H and O–H groups in total. The van der Waals surface area contributed by atoms with Crippen molar-refractivity contribution in [2.45, 2.75) is 13.2 Å². The van der Waals surface area contributed by atoms with Crippen molar-refractivity contribution in [2.75, 3.05) is 14.2 Å². The van der Waals surface area contributed by atoms with Crippen molar-refractivity contribution >= 4 is 0 Å². The summed E-state index contributed by atoms with van der Waals surface area (Å²) in [6.07, 6.45) is 0. The zero-order chi connectivity index (χ0) is 15.0. The van der Waals surface area contributed by atoms with Crippen LogP contribution in [0.3, 0.4) is 0 Å². The van der Waals surface area contributed by atoms with Crippen LogP contribution in [0.5, 0.6) is 0 Å². The second-order valence-electron chi connectivity index (χ2n) is 4.46. The molecule has 21 heavy (non-hydrogen) atoms. The molecule has 0 aliphatic heterocycles. The van der Waals surface area contributed by atoms with Gasteiger partial charge in [-0.2, -0.15) is 0 Å². The second kappa shape index (κ2) is 8.56. The summed E-state index contributed by atoms with van der Waals surface area (Å²) in [6.45, 7) is 0.859. The number of benzene rings is 2. The molecule has 0 aliphatic rings. The molecule has 0 spiro atoms. The Balaban J connectivity index is 1.95. The summed E-state index contributed by atoms with van der Waals surface area (Å²) >= 11 is -4.07. The Morgan fingerprint density at radius 1 is 0.667 bits per heavy atom. The molecule has 2 aromatic carbocycles. The fourth-order valence-electron chi connectivity index (χ4n) is 1.85. The molecule has 0 saturated carbocycles. The van der Waals surface area contributed by atoms with Crippen LogP contribution in [0.25, 0.3) is 0 Å². The molecular formula is C16H20HfO4. The van der Waals surface area contributed by atoms with Crippen LogP contribution in [0, 0.1) is 0 Å². The van der Waals surface area contributed by atoms with Gasteiger partial charge in [-0.05, 0) is 0 Å². The van der Waals surface area contributed by atoms with Gasteiger partial charge in [0, 0.05) is 0 Å². The summed E-state index contributed by atoms with van der Waals surface area (Å²) in [6, 6.07) is 19.8. The molecule has 0 aliphatic carbocycles. The molecule has 0 heterocycles. The summed E-state index contributed by atoms with van der Waals surface area (Å²) in [5.41, 5.74) is 2.14. The van der Waals surface area contributed by atoms with Gasteiger partial charge in [0.05, 0.1) is 0 Å². The van der Waals surface area contributed by atoms with Crippen molar-refractivity contribution in [3.05, 3.63) is 71.8 Å². The predicted octanol–water partition coefficient (Wildman–Crippen LogP) is 3.53. The standard InChI is InChI=1S/2C7H7O.2CH3O.Hf/c2*8-6-7-4-2-1-3-5-7;2*1-2;/h2*1-5H,6H2;2*1H3;/q4*-1;+4. The first-order valence-electron chi connectivity index (χ1n) is 6.74. The Bertz CT molecular complexity index is 469. The Morgan fingerprint density at radius 2 is 1.05 bits per heavy atom. The van der Waals surface area contributed by atoms with Gasteiger partial charge in [-0.1, -0.05) is 0 Å². The average Bonchev–Trinajstić information content (AvgIpc) is 2.58. The van der Waals surface area contributed by atoms with Crippen LogP contribution < -0.4 is 0 Å². The SMILES string of the molecule is C[O][Hf]([O]C)([O]Cc1ccccc1)[O]Cc1ccccc1. The Morgan fingerprint density at radius 3 is 1.38 bits per heavy atom. The fourth-order valence-corrected chi connectivity index (χ4v) is 6.91. The number of hydrogen-bond acceptors (Lipinski definition) is 4. The van der Waals surface area contributed by atoms with Gasteiger partial charge in [-0.3, -0.25) is 0 Å². The maximum atomic E-state index is 5.89. The van der Waals surface area contributed by atoms with E-state index >= 15 is 0 Å². The van der Waals surface area contributed by atoms with Crippen molar-refractivity contribution in [3.63, 3.8) is 0 Å². The van der Waals surface area contributed by atoms with E-state index in [1.807, 2.05) is 60.7 Å². The summed E-state index contributed by atoms with van der Waals surface area (Å²) in [5, 5.41) is 0. The third kappa shape index (κ3) is 5.13. The molecule has 0 atom stereocenters. The first-order chi connectivity index (χ1) is 10.3. The van der Waals surface area contributed by atoms with E-state index in [0.717, 1.165) is 11.1 Å². The van der Waals surface area contributed by atoms with Crippen LogP contribution in [0.4, 0.5) is 0 Å².